The van der Waals surface area contributed by atoms with Gasteiger partial charge in [0.25, 0.3) is 0 Å². The average molecular weight is 197 g/mol. The maximum atomic E-state index is 11.5. The molecule has 1 heterocycles. The molecule has 4 nitrogen and oxygen atoms in total. The number of carbonyl (C=O) groups is 2. The molecule has 14 heavy (non-hydrogen) atoms. The summed E-state index contributed by atoms with van der Waals surface area (Å²) < 4.78 is 4.92. The van der Waals surface area contributed by atoms with E-state index in [1.54, 1.807) is 11.8 Å². The van der Waals surface area contributed by atoms with E-state index in [0.29, 0.717) is 25.5 Å². The van der Waals surface area contributed by atoms with Crippen molar-refractivity contribution in [3.05, 3.63) is 0 Å². The molecule has 0 N–H and O–H groups in total. The lowest BCUT2D eigenvalue weighted by Gasteiger charge is -2.29. The normalized spacial score (nSPS) is 30.6. The van der Waals surface area contributed by atoms with Crippen molar-refractivity contribution in [2.45, 2.75) is 19.8 Å². The molecule has 0 radical (unpaired) electrons. The summed E-state index contributed by atoms with van der Waals surface area (Å²) in [4.78, 5) is 24.6. The number of Topliss-reactive ketones (excluding diaryl/α,β-unsaturated/α-hetero) is 1. The Hall–Kier alpha value is -1.06. The van der Waals surface area contributed by atoms with Gasteiger partial charge in [-0.25, -0.2) is 4.79 Å². The fourth-order valence-electron chi connectivity index (χ4n) is 2.35. The number of hydrogen-bond acceptors (Lipinski definition) is 3. The molecule has 1 aliphatic carbocycles. The molecule has 1 amide bonds. The van der Waals surface area contributed by atoms with Crippen molar-refractivity contribution in [1.29, 1.82) is 0 Å². The van der Waals surface area contributed by atoms with Gasteiger partial charge in [-0.3, -0.25) is 4.79 Å². The van der Waals surface area contributed by atoms with Crippen LogP contribution >= 0.6 is 0 Å². The van der Waals surface area contributed by atoms with Crippen molar-refractivity contribution in [2.24, 2.45) is 11.8 Å². The summed E-state index contributed by atoms with van der Waals surface area (Å²) in [5.74, 6) is 0.516. The zero-order chi connectivity index (χ0) is 10.1. The first-order valence-corrected chi connectivity index (χ1v) is 5.17. The molecule has 4 heteroatoms. The second kappa shape index (κ2) is 3.59. The van der Waals surface area contributed by atoms with Gasteiger partial charge in [-0.05, 0) is 19.8 Å². The van der Waals surface area contributed by atoms with Crippen molar-refractivity contribution >= 4 is 11.9 Å². The van der Waals surface area contributed by atoms with Gasteiger partial charge in [0, 0.05) is 24.9 Å². The van der Waals surface area contributed by atoms with E-state index in [0.717, 1.165) is 12.8 Å². The molecule has 78 valence electrons. The summed E-state index contributed by atoms with van der Waals surface area (Å²) in [6, 6.07) is 0. The van der Waals surface area contributed by atoms with Gasteiger partial charge in [0.05, 0.1) is 6.61 Å². The van der Waals surface area contributed by atoms with Crippen LogP contribution in [0.1, 0.15) is 19.8 Å². The second-order valence-electron chi connectivity index (χ2n) is 3.98. The number of nitrogens with zero attached hydrogens (tertiary/aromatic N) is 1. The van der Waals surface area contributed by atoms with Gasteiger partial charge in [-0.2, -0.15) is 0 Å². The van der Waals surface area contributed by atoms with Gasteiger partial charge in [0.1, 0.15) is 5.78 Å². The minimum absolute atomic E-state index is 0.0816. The first kappa shape index (κ1) is 9.49. The van der Waals surface area contributed by atoms with Crippen molar-refractivity contribution in [2.75, 3.05) is 19.7 Å². The van der Waals surface area contributed by atoms with Gasteiger partial charge in [-0.1, -0.05) is 0 Å². The molecule has 1 aliphatic heterocycles. The quantitative estimate of drug-likeness (QED) is 0.631. The molecule has 1 saturated heterocycles. The zero-order valence-electron chi connectivity index (χ0n) is 8.36. The molecule has 2 rings (SSSR count). The Morgan fingerprint density at radius 2 is 2.00 bits per heavy atom. The minimum atomic E-state index is -0.267. The minimum Gasteiger partial charge on any atom is -0.450 e. The Balaban J connectivity index is 1.99. The van der Waals surface area contributed by atoms with E-state index in [1.165, 1.54) is 0 Å². The van der Waals surface area contributed by atoms with Crippen molar-refractivity contribution in [1.82, 2.24) is 4.90 Å². The zero-order valence-corrected chi connectivity index (χ0v) is 8.36. The maximum Gasteiger partial charge on any atom is 0.409 e. The largest absolute Gasteiger partial charge is 0.450 e. The number of rotatable bonds is 1. The highest BCUT2D eigenvalue weighted by atomic mass is 16.6. The summed E-state index contributed by atoms with van der Waals surface area (Å²) in [5, 5.41) is 0. The Labute approximate surface area is 83.2 Å². The van der Waals surface area contributed by atoms with E-state index >= 15 is 0 Å². The molecule has 2 unspecified atom stereocenters. The third kappa shape index (κ3) is 1.49. The molecule has 0 aromatic rings. The maximum absolute atomic E-state index is 11.5. The standard InChI is InChI=1S/C10H15NO3/c1-2-14-10(13)11-5-7-3-4-8(6-11)9(7)12/h7-8H,2-6H2,1H3. The third-order valence-electron chi connectivity index (χ3n) is 3.08. The Kier molecular flexibility index (Phi) is 2.44. The van der Waals surface area contributed by atoms with Crippen LogP contribution in [0.5, 0.6) is 0 Å². The van der Waals surface area contributed by atoms with Crippen molar-refractivity contribution in [3.63, 3.8) is 0 Å². The first-order valence-electron chi connectivity index (χ1n) is 5.17. The summed E-state index contributed by atoms with van der Waals surface area (Å²) in [6.45, 7) is 3.32. The summed E-state index contributed by atoms with van der Waals surface area (Å²) in [5.41, 5.74) is 0. The molecular weight excluding hydrogens is 182 g/mol. The predicted molar refractivity (Wildman–Crippen MR) is 49.8 cm³/mol. The predicted octanol–water partition coefficient (Wildman–Crippen LogP) is 1.05. The van der Waals surface area contributed by atoms with Gasteiger partial charge >= 0.3 is 6.09 Å². The molecule has 2 aliphatic rings. The topological polar surface area (TPSA) is 46.6 Å². The Bertz CT molecular complexity index is 248. The molecule has 2 bridgehead atoms. The number of ketones is 1. The summed E-state index contributed by atoms with van der Waals surface area (Å²) >= 11 is 0. The molecular formula is C10H15NO3. The Morgan fingerprint density at radius 1 is 1.43 bits per heavy atom. The lowest BCUT2D eigenvalue weighted by molar-refractivity contribution is -0.127. The second-order valence-corrected chi connectivity index (χ2v) is 3.98. The summed E-state index contributed by atoms with van der Waals surface area (Å²) in [6.07, 6.45) is 1.62. The highest BCUT2D eigenvalue weighted by Gasteiger charge is 2.42. The molecule has 0 aromatic heterocycles. The lowest BCUT2D eigenvalue weighted by atomic mass is 9.97. The van der Waals surface area contributed by atoms with E-state index in [-0.39, 0.29) is 17.9 Å². The van der Waals surface area contributed by atoms with E-state index in [1.807, 2.05) is 0 Å². The number of amides is 1. The number of hydrogen-bond donors (Lipinski definition) is 0. The van der Waals surface area contributed by atoms with E-state index in [9.17, 15) is 9.59 Å². The average Bonchev–Trinajstić information content (AvgIpc) is 2.42. The van der Waals surface area contributed by atoms with Crippen LogP contribution in [0, 0.1) is 11.8 Å². The molecule has 0 aromatic carbocycles. The van der Waals surface area contributed by atoms with Crippen molar-refractivity contribution < 1.29 is 14.3 Å². The van der Waals surface area contributed by atoms with Crippen LogP contribution < -0.4 is 0 Å². The number of fused-ring (bicyclic) bond motifs is 2. The summed E-state index contributed by atoms with van der Waals surface area (Å²) in [7, 11) is 0. The smallest absolute Gasteiger partial charge is 0.409 e. The van der Waals surface area contributed by atoms with Gasteiger partial charge in [0.15, 0.2) is 0 Å². The van der Waals surface area contributed by atoms with Gasteiger partial charge in [0.2, 0.25) is 0 Å². The SMILES string of the molecule is CCOC(=O)N1CC2CCC(C1)C2=O. The fourth-order valence-corrected chi connectivity index (χ4v) is 2.35. The van der Waals surface area contributed by atoms with E-state index in [2.05, 4.69) is 0 Å². The van der Waals surface area contributed by atoms with E-state index in [4.69, 9.17) is 4.74 Å². The van der Waals surface area contributed by atoms with Crippen LogP contribution in [-0.2, 0) is 9.53 Å². The molecule has 1 saturated carbocycles. The first-order chi connectivity index (χ1) is 6.72. The fraction of sp³-hybridized carbons (Fsp3) is 0.800. The number of piperidine rings is 1. The number of likely N-dealkylation sites (tertiary alicyclic amines) is 1. The lowest BCUT2D eigenvalue weighted by Crippen LogP contribution is -2.45. The van der Waals surface area contributed by atoms with Crippen LogP contribution in [0.15, 0.2) is 0 Å². The van der Waals surface area contributed by atoms with Crippen LogP contribution in [0.4, 0.5) is 4.79 Å². The number of carbonyl (C=O) groups excluding carboxylic acids is 2. The highest BCUT2D eigenvalue weighted by molar-refractivity contribution is 5.88. The van der Waals surface area contributed by atoms with Gasteiger partial charge in [-0.15, -0.1) is 0 Å². The molecule has 2 fully saturated rings. The molecule has 2 atom stereocenters. The van der Waals surface area contributed by atoms with Crippen LogP contribution in [0.2, 0.25) is 0 Å². The number of ether oxygens (including phenoxy) is 1. The van der Waals surface area contributed by atoms with Crippen molar-refractivity contribution in [3.8, 4) is 0 Å². The Morgan fingerprint density at radius 3 is 2.50 bits per heavy atom. The van der Waals surface area contributed by atoms with Gasteiger partial charge < -0.3 is 9.64 Å². The molecule has 0 spiro atoms. The van der Waals surface area contributed by atoms with Crippen LogP contribution in [0.3, 0.4) is 0 Å². The van der Waals surface area contributed by atoms with Crippen LogP contribution in [0.25, 0.3) is 0 Å². The third-order valence-corrected chi connectivity index (χ3v) is 3.08. The highest BCUT2D eigenvalue weighted by Crippen LogP contribution is 2.33. The van der Waals surface area contributed by atoms with E-state index < -0.39 is 0 Å². The monoisotopic (exact) mass is 197 g/mol. The van der Waals surface area contributed by atoms with Crippen LogP contribution in [-0.4, -0.2) is 36.5 Å².